The van der Waals surface area contributed by atoms with Crippen molar-refractivity contribution in [2.45, 2.75) is 39.2 Å². The van der Waals surface area contributed by atoms with Crippen LogP contribution in [0.1, 0.15) is 38.2 Å². The average Bonchev–Trinajstić information content (AvgIpc) is 2.80. The van der Waals surface area contributed by atoms with Gasteiger partial charge in [-0.15, -0.1) is 0 Å². The minimum absolute atomic E-state index is 0.0561. The monoisotopic (exact) mass is 251 g/mol. The number of amides is 1. The Kier molecular flexibility index (Phi) is 5.16. The van der Waals surface area contributed by atoms with E-state index < -0.39 is 5.54 Å². The van der Waals surface area contributed by atoms with Gasteiger partial charge in [0.15, 0.2) is 0 Å². The number of aryl methyl sites for hydroxylation is 1. The summed E-state index contributed by atoms with van der Waals surface area (Å²) in [5.41, 5.74) is -0.527. The van der Waals surface area contributed by atoms with Crippen molar-refractivity contribution in [2.75, 3.05) is 6.61 Å². The number of hydrogen-bond acceptors (Lipinski definition) is 3. The Morgan fingerprint density at radius 2 is 2.11 bits per heavy atom. The third kappa shape index (κ3) is 3.74. The van der Waals surface area contributed by atoms with Gasteiger partial charge in [0.2, 0.25) is 5.91 Å². The first kappa shape index (κ1) is 14.5. The summed E-state index contributed by atoms with van der Waals surface area (Å²) in [6.45, 7) is 5.68. The van der Waals surface area contributed by atoms with Gasteiger partial charge in [-0.2, -0.15) is 0 Å². The Bertz CT molecular complexity index is 408. The SMILES string of the molecule is CCC(CC)(CO)NC(=O)C=Cc1ccc(C)o1. The Morgan fingerprint density at radius 1 is 1.44 bits per heavy atom. The lowest BCUT2D eigenvalue weighted by atomic mass is 9.94. The van der Waals surface area contributed by atoms with E-state index in [1.54, 1.807) is 12.1 Å². The molecular weight excluding hydrogens is 230 g/mol. The zero-order valence-corrected chi connectivity index (χ0v) is 11.2. The molecule has 0 fully saturated rings. The lowest BCUT2D eigenvalue weighted by Crippen LogP contribution is -2.49. The van der Waals surface area contributed by atoms with Crippen LogP contribution in [-0.2, 0) is 4.79 Å². The van der Waals surface area contributed by atoms with E-state index in [0.717, 1.165) is 5.76 Å². The Balaban J connectivity index is 2.63. The molecule has 0 saturated heterocycles. The molecule has 1 aromatic rings. The highest BCUT2D eigenvalue weighted by Crippen LogP contribution is 2.14. The second-order valence-corrected chi connectivity index (χ2v) is 4.42. The summed E-state index contributed by atoms with van der Waals surface area (Å²) in [4.78, 5) is 11.8. The van der Waals surface area contributed by atoms with Crippen molar-refractivity contribution in [2.24, 2.45) is 0 Å². The van der Waals surface area contributed by atoms with E-state index in [4.69, 9.17) is 4.42 Å². The molecule has 0 atom stereocenters. The van der Waals surface area contributed by atoms with Crippen molar-refractivity contribution in [1.29, 1.82) is 0 Å². The maximum Gasteiger partial charge on any atom is 0.244 e. The predicted octanol–water partition coefficient (Wildman–Crippen LogP) is 2.27. The van der Waals surface area contributed by atoms with Crippen LogP contribution in [0.15, 0.2) is 22.6 Å². The van der Waals surface area contributed by atoms with E-state index in [0.29, 0.717) is 18.6 Å². The third-order valence-electron chi connectivity index (χ3n) is 3.20. The Hall–Kier alpha value is -1.55. The first-order valence-electron chi connectivity index (χ1n) is 6.22. The van der Waals surface area contributed by atoms with E-state index in [2.05, 4.69) is 5.32 Å². The van der Waals surface area contributed by atoms with Gasteiger partial charge in [0.25, 0.3) is 0 Å². The molecule has 18 heavy (non-hydrogen) atoms. The fraction of sp³-hybridized carbons (Fsp3) is 0.500. The van der Waals surface area contributed by atoms with Crippen molar-refractivity contribution >= 4 is 12.0 Å². The van der Waals surface area contributed by atoms with Crippen LogP contribution < -0.4 is 5.32 Å². The van der Waals surface area contributed by atoms with Crippen LogP contribution in [0.25, 0.3) is 6.08 Å². The van der Waals surface area contributed by atoms with E-state index in [1.165, 1.54) is 6.08 Å². The average molecular weight is 251 g/mol. The zero-order valence-electron chi connectivity index (χ0n) is 11.2. The van der Waals surface area contributed by atoms with Gasteiger partial charge >= 0.3 is 0 Å². The molecule has 4 heteroatoms. The lowest BCUT2D eigenvalue weighted by molar-refractivity contribution is -0.119. The summed E-state index contributed by atoms with van der Waals surface area (Å²) in [7, 11) is 0. The summed E-state index contributed by atoms with van der Waals surface area (Å²) in [5, 5.41) is 12.2. The summed E-state index contributed by atoms with van der Waals surface area (Å²) in [5.74, 6) is 1.23. The number of aliphatic hydroxyl groups excluding tert-OH is 1. The van der Waals surface area contributed by atoms with Gasteiger partial charge in [0.1, 0.15) is 11.5 Å². The molecule has 0 spiro atoms. The third-order valence-corrected chi connectivity index (χ3v) is 3.20. The molecule has 0 aromatic carbocycles. The molecule has 0 aliphatic heterocycles. The first-order chi connectivity index (χ1) is 8.55. The minimum Gasteiger partial charge on any atom is -0.462 e. The van der Waals surface area contributed by atoms with Crippen LogP contribution in [0, 0.1) is 6.92 Å². The summed E-state index contributed by atoms with van der Waals surface area (Å²) < 4.78 is 5.33. The number of aliphatic hydroxyl groups is 1. The minimum atomic E-state index is -0.527. The van der Waals surface area contributed by atoms with Gasteiger partial charge in [0.05, 0.1) is 12.1 Å². The molecule has 0 aliphatic rings. The molecule has 2 N–H and O–H groups in total. The topological polar surface area (TPSA) is 62.5 Å². The second kappa shape index (κ2) is 6.40. The van der Waals surface area contributed by atoms with Crippen LogP contribution >= 0.6 is 0 Å². The van der Waals surface area contributed by atoms with E-state index in [-0.39, 0.29) is 12.5 Å². The highest BCUT2D eigenvalue weighted by molar-refractivity contribution is 5.91. The fourth-order valence-corrected chi connectivity index (χ4v) is 1.69. The Labute approximate surface area is 108 Å². The van der Waals surface area contributed by atoms with Crippen molar-refractivity contribution in [1.82, 2.24) is 5.32 Å². The lowest BCUT2D eigenvalue weighted by Gasteiger charge is -2.30. The summed E-state index contributed by atoms with van der Waals surface area (Å²) >= 11 is 0. The number of carbonyl (C=O) groups is 1. The highest BCUT2D eigenvalue weighted by Gasteiger charge is 2.26. The molecule has 1 aromatic heterocycles. The normalized spacial score (nSPS) is 12.0. The van der Waals surface area contributed by atoms with Crippen LogP contribution in [-0.4, -0.2) is 23.2 Å². The van der Waals surface area contributed by atoms with Gasteiger partial charge in [-0.05, 0) is 38.0 Å². The van der Waals surface area contributed by atoms with Gasteiger partial charge < -0.3 is 14.8 Å². The highest BCUT2D eigenvalue weighted by atomic mass is 16.3. The summed E-state index contributed by atoms with van der Waals surface area (Å²) in [6, 6.07) is 3.64. The Morgan fingerprint density at radius 3 is 2.56 bits per heavy atom. The molecule has 0 saturated carbocycles. The number of nitrogens with one attached hydrogen (secondary N) is 1. The van der Waals surface area contributed by atoms with Crippen molar-refractivity contribution in [3.63, 3.8) is 0 Å². The smallest absolute Gasteiger partial charge is 0.244 e. The molecular formula is C14H21NO3. The maximum absolute atomic E-state index is 11.8. The molecule has 4 nitrogen and oxygen atoms in total. The van der Waals surface area contributed by atoms with Crippen LogP contribution in [0.3, 0.4) is 0 Å². The van der Waals surface area contributed by atoms with Crippen molar-refractivity contribution < 1.29 is 14.3 Å². The fourth-order valence-electron chi connectivity index (χ4n) is 1.69. The van der Waals surface area contributed by atoms with Gasteiger partial charge in [-0.25, -0.2) is 0 Å². The largest absolute Gasteiger partial charge is 0.462 e. The van der Waals surface area contributed by atoms with Gasteiger partial charge in [-0.1, -0.05) is 13.8 Å². The second-order valence-electron chi connectivity index (χ2n) is 4.42. The van der Waals surface area contributed by atoms with E-state index in [9.17, 15) is 9.90 Å². The molecule has 1 amide bonds. The summed E-state index contributed by atoms with van der Waals surface area (Å²) in [6.07, 6.45) is 4.43. The standard InChI is InChI=1S/C14H21NO3/c1-4-14(5-2,10-16)15-13(17)9-8-12-7-6-11(3)18-12/h6-9,16H,4-5,10H2,1-3H3,(H,15,17). The van der Waals surface area contributed by atoms with E-state index >= 15 is 0 Å². The van der Waals surface area contributed by atoms with Crippen molar-refractivity contribution in [3.8, 4) is 0 Å². The van der Waals surface area contributed by atoms with Gasteiger partial charge in [0, 0.05) is 6.08 Å². The molecule has 0 unspecified atom stereocenters. The quantitative estimate of drug-likeness (QED) is 0.762. The van der Waals surface area contributed by atoms with E-state index in [1.807, 2.05) is 26.8 Å². The molecule has 1 rings (SSSR count). The number of furan rings is 1. The van der Waals surface area contributed by atoms with Gasteiger partial charge in [-0.3, -0.25) is 4.79 Å². The number of carbonyl (C=O) groups excluding carboxylic acids is 1. The molecule has 0 bridgehead atoms. The maximum atomic E-state index is 11.8. The predicted molar refractivity (Wildman–Crippen MR) is 71.0 cm³/mol. The molecule has 0 aliphatic carbocycles. The molecule has 100 valence electrons. The van der Waals surface area contributed by atoms with Crippen molar-refractivity contribution in [3.05, 3.63) is 29.7 Å². The number of hydrogen-bond donors (Lipinski definition) is 2. The van der Waals surface area contributed by atoms with Crippen LogP contribution in [0.4, 0.5) is 0 Å². The molecule has 0 radical (unpaired) electrons. The molecule has 1 heterocycles. The van der Waals surface area contributed by atoms with Crippen LogP contribution in [0.2, 0.25) is 0 Å². The first-order valence-corrected chi connectivity index (χ1v) is 6.22. The number of rotatable bonds is 6. The zero-order chi connectivity index (χ0) is 13.6. The van der Waals surface area contributed by atoms with Crippen LogP contribution in [0.5, 0.6) is 0 Å².